The summed E-state index contributed by atoms with van der Waals surface area (Å²) >= 11 is 0. The Morgan fingerprint density at radius 1 is 0.667 bits per heavy atom. The predicted octanol–water partition coefficient (Wildman–Crippen LogP) is 8.41. The SMILES string of the molecule is CCCCCCCCCCCCCC(=O)O[C@H](CCCCCCCCCCC)CC(=O)N[C@@H](C)CO. The minimum absolute atomic E-state index is 0.0900. The summed E-state index contributed by atoms with van der Waals surface area (Å²) in [6.45, 7) is 6.18. The Hall–Kier alpha value is -1.10. The molecule has 0 aromatic carbocycles. The molecule has 36 heavy (non-hydrogen) atoms. The summed E-state index contributed by atoms with van der Waals surface area (Å²) < 4.78 is 5.74. The van der Waals surface area contributed by atoms with Crippen molar-refractivity contribution in [1.29, 1.82) is 0 Å². The van der Waals surface area contributed by atoms with E-state index in [9.17, 15) is 14.7 Å². The van der Waals surface area contributed by atoms with Crippen LogP contribution < -0.4 is 5.32 Å². The molecule has 214 valence electrons. The topological polar surface area (TPSA) is 75.6 Å². The maximum atomic E-state index is 12.4. The van der Waals surface area contributed by atoms with Crippen LogP contribution in [0.4, 0.5) is 0 Å². The van der Waals surface area contributed by atoms with E-state index in [1.165, 1.54) is 103 Å². The smallest absolute Gasteiger partial charge is 0.306 e. The van der Waals surface area contributed by atoms with Gasteiger partial charge in [-0.25, -0.2) is 0 Å². The van der Waals surface area contributed by atoms with Gasteiger partial charge in [0.1, 0.15) is 6.10 Å². The van der Waals surface area contributed by atoms with Gasteiger partial charge in [-0.15, -0.1) is 0 Å². The van der Waals surface area contributed by atoms with Gasteiger partial charge in [0, 0.05) is 12.5 Å². The number of amides is 1. The van der Waals surface area contributed by atoms with Crippen LogP contribution in [0.15, 0.2) is 0 Å². The monoisotopic (exact) mass is 511 g/mol. The van der Waals surface area contributed by atoms with Crippen LogP contribution in [0.3, 0.4) is 0 Å². The van der Waals surface area contributed by atoms with Gasteiger partial charge in [-0.1, -0.05) is 129 Å². The van der Waals surface area contributed by atoms with E-state index in [2.05, 4.69) is 19.2 Å². The predicted molar refractivity (Wildman–Crippen MR) is 152 cm³/mol. The van der Waals surface area contributed by atoms with Crippen LogP contribution in [0.5, 0.6) is 0 Å². The number of carbonyl (C=O) groups excluding carboxylic acids is 2. The maximum Gasteiger partial charge on any atom is 0.306 e. The lowest BCUT2D eigenvalue weighted by Crippen LogP contribution is -2.37. The van der Waals surface area contributed by atoms with Crippen molar-refractivity contribution in [3.8, 4) is 0 Å². The zero-order chi connectivity index (χ0) is 26.7. The van der Waals surface area contributed by atoms with Crippen molar-refractivity contribution in [1.82, 2.24) is 5.32 Å². The molecule has 0 aromatic rings. The standard InChI is InChI=1S/C31H61NO4/c1-4-6-8-10-12-14-15-17-19-21-23-25-31(35)36-29(26-30(34)32-28(3)27-33)24-22-20-18-16-13-11-9-7-5-2/h28-29,33H,4-27H2,1-3H3,(H,32,34)/t28-,29+/m0/s1. The highest BCUT2D eigenvalue weighted by Crippen LogP contribution is 2.16. The van der Waals surface area contributed by atoms with Crippen molar-refractivity contribution in [3.63, 3.8) is 0 Å². The van der Waals surface area contributed by atoms with E-state index in [1.807, 2.05) is 0 Å². The third-order valence-corrected chi connectivity index (χ3v) is 7.01. The van der Waals surface area contributed by atoms with Gasteiger partial charge in [0.2, 0.25) is 5.91 Å². The summed E-state index contributed by atoms with van der Waals surface area (Å²) in [5.41, 5.74) is 0. The van der Waals surface area contributed by atoms with Gasteiger partial charge in [0.25, 0.3) is 0 Å². The molecule has 5 heteroatoms. The highest BCUT2D eigenvalue weighted by Gasteiger charge is 2.19. The Bertz CT molecular complexity index is 497. The van der Waals surface area contributed by atoms with Gasteiger partial charge >= 0.3 is 5.97 Å². The zero-order valence-electron chi connectivity index (χ0n) is 24.3. The molecule has 0 heterocycles. The zero-order valence-corrected chi connectivity index (χ0v) is 24.3. The summed E-state index contributed by atoms with van der Waals surface area (Å²) in [4.78, 5) is 24.8. The molecule has 0 saturated carbocycles. The number of hydrogen-bond donors (Lipinski definition) is 2. The lowest BCUT2D eigenvalue weighted by Gasteiger charge is -2.19. The van der Waals surface area contributed by atoms with Crippen molar-refractivity contribution in [2.24, 2.45) is 0 Å². The fourth-order valence-electron chi connectivity index (χ4n) is 4.65. The number of carbonyl (C=O) groups is 2. The summed E-state index contributed by atoms with van der Waals surface area (Å²) in [6.07, 6.45) is 26.0. The molecule has 5 nitrogen and oxygen atoms in total. The van der Waals surface area contributed by atoms with Crippen LogP contribution in [0.2, 0.25) is 0 Å². The minimum Gasteiger partial charge on any atom is -0.462 e. The van der Waals surface area contributed by atoms with Crippen molar-refractivity contribution in [3.05, 3.63) is 0 Å². The first kappa shape index (κ1) is 34.9. The van der Waals surface area contributed by atoms with E-state index in [1.54, 1.807) is 6.92 Å². The lowest BCUT2D eigenvalue weighted by atomic mass is 10.0. The highest BCUT2D eigenvalue weighted by atomic mass is 16.5. The van der Waals surface area contributed by atoms with Gasteiger partial charge in [0.05, 0.1) is 13.0 Å². The Balaban J connectivity index is 4.09. The number of unbranched alkanes of at least 4 members (excludes halogenated alkanes) is 18. The first-order chi connectivity index (χ1) is 17.5. The van der Waals surface area contributed by atoms with Gasteiger partial charge in [-0.3, -0.25) is 9.59 Å². The molecule has 0 radical (unpaired) electrons. The molecule has 0 aliphatic heterocycles. The molecule has 0 bridgehead atoms. The van der Waals surface area contributed by atoms with Crippen molar-refractivity contribution >= 4 is 11.9 Å². The lowest BCUT2D eigenvalue weighted by molar-refractivity contribution is -0.151. The van der Waals surface area contributed by atoms with E-state index >= 15 is 0 Å². The molecular weight excluding hydrogens is 450 g/mol. The number of hydrogen-bond acceptors (Lipinski definition) is 4. The summed E-state index contributed by atoms with van der Waals surface area (Å²) in [7, 11) is 0. The van der Waals surface area contributed by atoms with Gasteiger partial charge < -0.3 is 15.2 Å². The Morgan fingerprint density at radius 3 is 1.53 bits per heavy atom. The van der Waals surface area contributed by atoms with Gasteiger partial charge in [0.15, 0.2) is 0 Å². The molecule has 0 rings (SSSR count). The summed E-state index contributed by atoms with van der Waals surface area (Å²) in [5, 5.41) is 12.0. The quantitative estimate of drug-likeness (QED) is 0.0857. The number of aliphatic hydroxyl groups excluding tert-OH is 1. The average Bonchev–Trinajstić information content (AvgIpc) is 2.86. The molecule has 0 spiro atoms. The second-order valence-corrected chi connectivity index (χ2v) is 10.9. The van der Waals surface area contributed by atoms with Crippen molar-refractivity contribution < 1.29 is 19.4 Å². The third kappa shape index (κ3) is 24.6. The average molecular weight is 512 g/mol. The molecular formula is C31H61NO4. The fraction of sp³-hybridized carbons (Fsp3) is 0.935. The number of esters is 1. The van der Waals surface area contributed by atoms with Crippen molar-refractivity contribution in [2.45, 2.75) is 181 Å². The molecule has 0 aliphatic rings. The molecule has 2 atom stereocenters. The second kappa shape index (κ2) is 26.9. The Kier molecular flexibility index (Phi) is 26.1. The van der Waals surface area contributed by atoms with Crippen LogP contribution in [-0.4, -0.2) is 35.7 Å². The highest BCUT2D eigenvalue weighted by molar-refractivity contribution is 5.77. The first-order valence-electron chi connectivity index (χ1n) is 15.6. The molecule has 0 aliphatic carbocycles. The van der Waals surface area contributed by atoms with Crippen molar-refractivity contribution in [2.75, 3.05) is 6.61 Å². The van der Waals surface area contributed by atoms with E-state index in [0.717, 1.165) is 32.1 Å². The molecule has 0 fully saturated rings. The molecule has 0 saturated heterocycles. The maximum absolute atomic E-state index is 12.4. The largest absolute Gasteiger partial charge is 0.462 e. The number of nitrogens with one attached hydrogen (secondary N) is 1. The second-order valence-electron chi connectivity index (χ2n) is 10.9. The Labute approximate surface area is 223 Å². The van der Waals surface area contributed by atoms with Gasteiger partial charge in [-0.05, 0) is 26.2 Å². The van der Waals surface area contributed by atoms with Crippen LogP contribution in [-0.2, 0) is 14.3 Å². The molecule has 0 aromatic heterocycles. The fourth-order valence-corrected chi connectivity index (χ4v) is 4.65. The molecule has 2 N–H and O–H groups in total. The number of rotatable bonds is 27. The van der Waals surface area contributed by atoms with Crippen LogP contribution in [0, 0.1) is 0 Å². The summed E-state index contributed by atoms with van der Waals surface area (Å²) in [6, 6.07) is -0.280. The van der Waals surface area contributed by atoms with Crippen LogP contribution >= 0.6 is 0 Å². The molecule has 0 unspecified atom stereocenters. The van der Waals surface area contributed by atoms with Gasteiger partial charge in [-0.2, -0.15) is 0 Å². The first-order valence-corrected chi connectivity index (χ1v) is 15.6. The third-order valence-electron chi connectivity index (χ3n) is 7.01. The van der Waals surface area contributed by atoms with E-state index < -0.39 is 0 Å². The van der Waals surface area contributed by atoms with E-state index in [-0.39, 0.29) is 37.0 Å². The molecule has 1 amide bonds. The normalized spacial score (nSPS) is 12.9. The Morgan fingerprint density at radius 2 is 1.08 bits per heavy atom. The van der Waals surface area contributed by atoms with Crippen LogP contribution in [0.25, 0.3) is 0 Å². The van der Waals surface area contributed by atoms with Crippen LogP contribution in [0.1, 0.15) is 168 Å². The number of aliphatic hydroxyl groups is 1. The van der Waals surface area contributed by atoms with E-state index in [4.69, 9.17) is 4.74 Å². The minimum atomic E-state index is -0.361. The number of ether oxygens (including phenoxy) is 1. The van der Waals surface area contributed by atoms with E-state index in [0.29, 0.717) is 6.42 Å². The summed E-state index contributed by atoms with van der Waals surface area (Å²) in [5.74, 6) is -0.324.